The van der Waals surface area contributed by atoms with E-state index in [2.05, 4.69) is 34.9 Å². The van der Waals surface area contributed by atoms with Crippen molar-refractivity contribution in [1.29, 1.82) is 0 Å². The molecule has 12 heavy (non-hydrogen) atoms. The van der Waals surface area contributed by atoms with Gasteiger partial charge in [-0.3, -0.25) is 4.68 Å². The van der Waals surface area contributed by atoms with Gasteiger partial charge in [0.2, 0.25) is 0 Å². The van der Waals surface area contributed by atoms with Crippen molar-refractivity contribution in [2.45, 2.75) is 33.4 Å². The first-order valence-corrected chi connectivity index (χ1v) is 4.97. The van der Waals surface area contributed by atoms with Crippen molar-refractivity contribution in [3.63, 3.8) is 0 Å². The van der Waals surface area contributed by atoms with E-state index in [4.69, 9.17) is 5.73 Å². The molecule has 0 atom stereocenters. The molecule has 1 rings (SSSR count). The molecule has 3 nitrogen and oxygen atoms in total. The molecule has 0 saturated heterocycles. The van der Waals surface area contributed by atoms with Crippen LogP contribution in [0.5, 0.6) is 0 Å². The molecule has 0 spiro atoms. The number of hydrogen-bond acceptors (Lipinski definition) is 2. The van der Waals surface area contributed by atoms with E-state index in [0.717, 1.165) is 28.8 Å². The average molecular weight is 232 g/mol. The zero-order valence-electron chi connectivity index (χ0n) is 7.47. The summed E-state index contributed by atoms with van der Waals surface area (Å²) in [6.45, 7) is 5.58. The third-order valence-corrected chi connectivity index (χ3v) is 2.80. The maximum absolute atomic E-state index is 5.60. The van der Waals surface area contributed by atoms with Crippen molar-refractivity contribution in [2.75, 3.05) is 0 Å². The number of aryl methyl sites for hydroxylation is 2. The van der Waals surface area contributed by atoms with Gasteiger partial charge in [0, 0.05) is 13.1 Å². The van der Waals surface area contributed by atoms with Crippen molar-refractivity contribution in [3.8, 4) is 0 Å². The van der Waals surface area contributed by atoms with Crippen LogP contribution in [-0.4, -0.2) is 9.78 Å². The summed E-state index contributed by atoms with van der Waals surface area (Å²) in [5, 5.41) is 4.41. The number of rotatable bonds is 3. The highest BCUT2D eigenvalue weighted by molar-refractivity contribution is 9.10. The zero-order valence-corrected chi connectivity index (χ0v) is 9.06. The lowest BCUT2D eigenvalue weighted by molar-refractivity contribution is 0.614. The van der Waals surface area contributed by atoms with E-state index in [0.29, 0.717) is 6.54 Å². The summed E-state index contributed by atoms with van der Waals surface area (Å²) >= 11 is 3.50. The predicted octanol–water partition coefficient (Wildman–Crippen LogP) is 1.69. The first-order chi connectivity index (χ1) is 5.74. The lowest BCUT2D eigenvalue weighted by Crippen LogP contribution is -2.07. The second kappa shape index (κ2) is 4.05. The molecule has 0 aromatic carbocycles. The third kappa shape index (κ3) is 1.54. The van der Waals surface area contributed by atoms with Crippen LogP contribution in [0.25, 0.3) is 0 Å². The molecule has 0 radical (unpaired) electrons. The van der Waals surface area contributed by atoms with E-state index in [1.165, 1.54) is 0 Å². The van der Waals surface area contributed by atoms with Crippen LogP contribution in [0.2, 0.25) is 0 Å². The molecule has 1 aromatic heterocycles. The van der Waals surface area contributed by atoms with Gasteiger partial charge in [0.05, 0.1) is 15.9 Å². The van der Waals surface area contributed by atoms with Crippen LogP contribution in [0.1, 0.15) is 25.2 Å². The first-order valence-electron chi connectivity index (χ1n) is 4.18. The van der Waals surface area contributed by atoms with Crippen LogP contribution in [-0.2, 0) is 19.5 Å². The van der Waals surface area contributed by atoms with Gasteiger partial charge in [-0.1, -0.05) is 6.92 Å². The molecule has 0 unspecified atom stereocenters. The highest BCUT2D eigenvalue weighted by atomic mass is 79.9. The maximum Gasteiger partial charge on any atom is 0.0767 e. The molecule has 0 bridgehead atoms. The van der Waals surface area contributed by atoms with Gasteiger partial charge in [-0.15, -0.1) is 0 Å². The molecule has 1 aromatic rings. The lowest BCUT2D eigenvalue weighted by atomic mass is 10.3. The van der Waals surface area contributed by atoms with Crippen LogP contribution in [0.4, 0.5) is 0 Å². The van der Waals surface area contributed by atoms with Gasteiger partial charge >= 0.3 is 0 Å². The van der Waals surface area contributed by atoms with Crippen molar-refractivity contribution < 1.29 is 0 Å². The fourth-order valence-corrected chi connectivity index (χ4v) is 1.94. The Bertz CT molecular complexity index is 268. The molecule has 2 N–H and O–H groups in total. The Kier molecular flexibility index (Phi) is 3.29. The molecule has 1 heterocycles. The van der Waals surface area contributed by atoms with E-state index in [-0.39, 0.29) is 0 Å². The van der Waals surface area contributed by atoms with Gasteiger partial charge in [0.25, 0.3) is 0 Å². The summed E-state index contributed by atoms with van der Waals surface area (Å²) in [5.41, 5.74) is 7.79. The minimum absolute atomic E-state index is 0.543. The van der Waals surface area contributed by atoms with Gasteiger partial charge in [-0.25, -0.2) is 0 Å². The summed E-state index contributed by atoms with van der Waals surface area (Å²) in [7, 11) is 0. The molecular formula is C8H14BrN3. The minimum Gasteiger partial charge on any atom is -0.325 e. The van der Waals surface area contributed by atoms with Crippen molar-refractivity contribution in [2.24, 2.45) is 5.73 Å². The SMILES string of the molecule is CCc1nn(CC)c(CN)c1Br. The Morgan fingerprint density at radius 3 is 2.50 bits per heavy atom. The highest BCUT2D eigenvalue weighted by Crippen LogP contribution is 2.21. The Hall–Kier alpha value is -0.350. The van der Waals surface area contributed by atoms with E-state index in [1.54, 1.807) is 0 Å². The summed E-state index contributed by atoms with van der Waals surface area (Å²) < 4.78 is 3.03. The molecule has 0 saturated carbocycles. The van der Waals surface area contributed by atoms with E-state index in [1.807, 2.05) is 4.68 Å². The molecule has 0 aliphatic rings. The Morgan fingerprint density at radius 1 is 1.50 bits per heavy atom. The summed E-state index contributed by atoms with van der Waals surface area (Å²) in [4.78, 5) is 0. The molecule has 0 fully saturated rings. The van der Waals surface area contributed by atoms with Crippen LogP contribution in [0, 0.1) is 0 Å². The minimum atomic E-state index is 0.543. The number of aromatic nitrogens is 2. The van der Waals surface area contributed by atoms with Crippen LogP contribution in [0.3, 0.4) is 0 Å². The lowest BCUT2D eigenvalue weighted by Gasteiger charge is -2.00. The number of nitrogens with zero attached hydrogens (tertiary/aromatic N) is 2. The fraction of sp³-hybridized carbons (Fsp3) is 0.625. The second-order valence-corrected chi connectivity index (χ2v) is 3.37. The van der Waals surface area contributed by atoms with E-state index in [9.17, 15) is 0 Å². The topological polar surface area (TPSA) is 43.8 Å². The second-order valence-electron chi connectivity index (χ2n) is 2.58. The predicted molar refractivity (Wildman–Crippen MR) is 52.9 cm³/mol. The Balaban J connectivity index is 3.13. The number of hydrogen-bond donors (Lipinski definition) is 1. The average Bonchev–Trinajstić information content (AvgIpc) is 2.41. The fourth-order valence-electron chi connectivity index (χ4n) is 1.21. The number of nitrogens with two attached hydrogens (primary N) is 1. The van der Waals surface area contributed by atoms with Gasteiger partial charge in [-0.2, -0.15) is 5.10 Å². The summed E-state index contributed by atoms with van der Waals surface area (Å²) in [5.74, 6) is 0. The molecule has 0 aliphatic heterocycles. The van der Waals surface area contributed by atoms with E-state index < -0.39 is 0 Å². The van der Waals surface area contributed by atoms with Gasteiger partial charge in [0.15, 0.2) is 0 Å². The molecule has 0 aliphatic carbocycles. The highest BCUT2D eigenvalue weighted by Gasteiger charge is 2.11. The Labute approximate surface area is 81.1 Å². The van der Waals surface area contributed by atoms with E-state index >= 15 is 0 Å². The Morgan fingerprint density at radius 2 is 2.17 bits per heavy atom. The van der Waals surface area contributed by atoms with Gasteiger partial charge < -0.3 is 5.73 Å². The largest absolute Gasteiger partial charge is 0.325 e. The molecule has 0 amide bonds. The summed E-state index contributed by atoms with van der Waals surface area (Å²) in [6, 6.07) is 0. The van der Waals surface area contributed by atoms with Crippen molar-refractivity contribution in [1.82, 2.24) is 9.78 Å². The van der Waals surface area contributed by atoms with Crippen molar-refractivity contribution >= 4 is 15.9 Å². The van der Waals surface area contributed by atoms with Crippen LogP contribution in [0.15, 0.2) is 4.47 Å². The van der Waals surface area contributed by atoms with Gasteiger partial charge in [-0.05, 0) is 29.3 Å². The van der Waals surface area contributed by atoms with Crippen LogP contribution >= 0.6 is 15.9 Å². The third-order valence-electron chi connectivity index (χ3n) is 1.89. The zero-order chi connectivity index (χ0) is 9.14. The summed E-state index contributed by atoms with van der Waals surface area (Å²) in [6.07, 6.45) is 0.945. The monoisotopic (exact) mass is 231 g/mol. The molecular weight excluding hydrogens is 218 g/mol. The standard InChI is InChI=1S/C8H14BrN3/c1-3-6-8(9)7(5-10)12(4-2)11-6/h3-5,10H2,1-2H3. The van der Waals surface area contributed by atoms with Crippen LogP contribution < -0.4 is 5.73 Å². The number of halogens is 1. The van der Waals surface area contributed by atoms with Gasteiger partial charge in [0.1, 0.15) is 0 Å². The first kappa shape index (κ1) is 9.74. The van der Waals surface area contributed by atoms with Crippen molar-refractivity contribution in [3.05, 3.63) is 15.9 Å². The normalized spacial score (nSPS) is 10.7. The maximum atomic E-state index is 5.60. The molecule has 68 valence electrons. The smallest absolute Gasteiger partial charge is 0.0767 e. The molecule has 4 heteroatoms. The quantitative estimate of drug-likeness (QED) is 0.861.